The maximum absolute atomic E-state index is 3.45. The van der Waals surface area contributed by atoms with Gasteiger partial charge in [-0.3, -0.25) is 0 Å². The molecule has 1 saturated heterocycles. The molecule has 1 aromatic carbocycles. The van der Waals surface area contributed by atoms with Crippen molar-refractivity contribution in [2.75, 3.05) is 19.6 Å². The summed E-state index contributed by atoms with van der Waals surface area (Å²) < 4.78 is 0. The summed E-state index contributed by atoms with van der Waals surface area (Å²) in [6, 6.07) is 8.74. The number of para-hydroxylation sites is 1. The molecular formula is C20H28N2. The zero-order chi connectivity index (χ0) is 14.8. The fourth-order valence-corrected chi connectivity index (χ4v) is 4.56. The number of rotatable bonds is 4. The van der Waals surface area contributed by atoms with Crippen LogP contribution < -0.4 is 0 Å². The van der Waals surface area contributed by atoms with Crippen LogP contribution in [0.2, 0.25) is 0 Å². The van der Waals surface area contributed by atoms with Crippen LogP contribution in [-0.2, 0) is 0 Å². The number of nitrogens with one attached hydrogen (secondary N) is 1. The molecule has 1 N–H and O–H groups in total. The highest BCUT2D eigenvalue weighted by Crippen LogP contribution is 2.34. The van der Waals surface area contributed by atoms with Crippen LogP contribution in [0.15, 0.2) is 30.5 Å². The zero-order valence-corrected chi connectivity index (χ0v) is 13.6. The molecule has 0 spiro atoms. The minimum Gasteiger partial charge on any atom is -0.361 e. The van der Waals surface area contributed by atoms with E-state index in [9.17, 15) is 0 Å². The molecule has 0 bridgehead atoms. The monoisotopic (exact) mass is 296 g/mol. The molecule has 2 nitrogen and oxygen atoms in total. The number of aromatic amines is 1. The molecule has 0 amide bonds. The van der Waals surface area contributed by atoms with Gasteiger partial charge in [-0.1, -0.05) is 43.9 Å². The molecule has 0 unspecified atom stereocenters. The van der Waals surface area contributed by atoms with Crippen molar-refractivity contribution in [1.82, 2.24) is 9.88 Å². The lowest BCUT2D eigenvalue weighted by Gasteiger charge is -2.32. The second-order valence-corrected chi connectivity index (χ2v) is 7.34. The van der Waals surface area contributed by atoms with Crippen molar-refractivity contribution in [1.29, 1.82) is 0 Å². The molecule has 0 atom stereocenters. The highest BCUT2D eigenvalue weighted by Gasteiger charge is 2.23. The molecule has 2 aromatic rings. The number of hydrogen-bond acceptors (Lipinski definition) is 1. The lowest BCUT2D eigenvalue weighted by Crippen LogP contribution is -2.34. The Bertz CT molecular complexity index is 601. The van der Waals surface area contributed by atoms with Crippen LogP contribution in [-0.4, -0.2) is 29.5 Å². The molecule has 2 fully saturated rings. The van der Waals surface area contributed by atoms with E-state index in [1.165, 1.54) is 75.5 Å². The predicted molar refractivity (Wildman–Crippen MR) is 93.3 cm³/mol. The maximum Gasteiger partial charge on any atom is 0.0456 e. The van der Waals surface area contributed by atoms with E-state index >= 15 is 0 Å². The zero-order valence-electron chi connectivity index (χ0n) is 13.6. The molecular weight excluding hydrogens is 268 g/mol. The lowest BCUT2D eigenvalue weighted by molar-refractivity contribution is 0.199. The molecule has 1 aliphatic carbocycles. The van der Waals surface area contributed by atoms with E-state index in [0.29, 0.717) is 0 Å². The Labute approximate surface area is 133 Å². The van der Waals surface area contributed by atoms with Gasteiger partial charge in [-0.2, -0.15) is 0 Å². The number of H-pyrrole nitrogens is 1. The van der Waals surface area contributed by atoms with Gasteiger partial charge in [0, 0.05) is 17.1 Å². The van der Waals surface area contributed by atoms with Crippen LogP contribution in [0.3, 0.4) is 0 Å². The van der Waals surface area contributed by atoms with E-state index < -0.39 is 0 Å². The van der Waals surface area contributed by atoms with E-state index in [-0.39, 0.29) is 0 Å². The number of aromatic nitrogens is 1. The number of benzene rings is 1. The van der Waals surface area contributed by atoms with Gasteiger partial charge in [0.25, 0.3) is 0 Å². The summed E-state index contributed by atoms with van der Waals surface area (Å²) in [5.74, 6) is 1.78. The van der Waals surface area contributed by atoms with Gasteiger partial charge in [-0.15, -0.1) is 0 Å². The molecule has 1 aliphatic heterocycles. The first-order valence-corrected chi connectivity index (χ1v) is 9.18. The summed E-state index contributed by atoms with van der Waals surface area (Å²) >= 11 is 0. The van der Waals surface area contributed by atoms with Crippen LogP contribution in [0.25, 0.3) is 10.9 Å². The third-order valence-corrected chi connectivity index (χ3v) is 5.98. The maximum atomic E-state index is 3.45. The summed E-state index contributed by atoms with van der Waals surface area (Å²) in [6.45, 7) is 3.92. The molecule has 2 aliphatic rings. The predicted octanol–water partition coefficient (Wildman–Crippen LogP) is 4.93. The number of nitrogens with zero attached hydrogens (tertiary/aromatic N) is 1. The summed E-state index contributed by atoms with van der Waals surface area (Å²) in [7, 11) is 0. The first-order chi connectivity index (χ1) is 10.9. The fourth-order valence-electron chi connectivity index (χ4n) is 4.56. The topological polar surface area (TPSA) is 19.0 Å². The normalized spacial score (nSPS) is 21.8. The van der Waals surface area contributed by atoms with Gasteiger partial charge in [-0.25, -0.2) is 0 Å². The smallest absolute Gasteiger partial charge is 0.0456 e. The molecule has 118 valence electrons. The van der Waals surface area contributed by atoms with E-state index in [1.807, 2.05) is 0 Å². The van der Waals surface area contributed by atoms with Gasteiger partial charge in [-0.05, 0) is 62.4 Å². The van der Waals surface area contributed by atoms with E-state index in [0.717, 1.165) is 11.8 Å². The lowest BCUT2D eigenvalue weighted by atomic mass is 9.89. The van der Waals surface area contributed by atoms with Crippen LogP contribution in [0.5, 0.6) is 0 Å². The molecule has 22 heavy (non-hydrogen) atoms. The van der Waals surface area contributed by atoms with Crippen molar-refractivity contribution >= 4 is 10.9 Å². The molecule has 2 heterocycles. The van der Waals surface area contributed by atoms with Crippen LogP contribution >= 0.6 is 0 Å². The first kappa shape index (κ1) is 14.3. The molecule has 1 aromatic heterocycles. The minimum atomic E-state index is 0.749. The second-order valence-electron chi connectivity index (χ2n) is 7.34. The van der Waals surface area contributed by atoms with Gasteiger partial charge in [0.2, 0.25) is 0 Å². The highest BCUT2D eigenvalue weighted by atomic mass is 15.1. The van der Waals surface area contributed by atoms with E-state index in [2.05, 4.69) is 40.3 Å². The first-order valence-electron chi connectivity index (χ1n) is 9.18. The van der Waals surface area contributed by atoms with Gasteiger partial charge in [0.1, 0.15) is 0 Å². The number of fused-ring (bicyclic) bond motifs is 1. The Morgan fingerprint density at radius 2 is 1.77 bits per heavy atom. The largest absolute Gasteiger partial charge is 0.361 e. The highest BCUT2D eigenvalue weighted by molar-refractivity contribution is 5.83. The molecule has 1 saturated carbocycles. The Morgan fingerprint density at radius 1 is 1.00 bits per heavy atom. The van der Waals surface area contributed by atoms with Gasteiger partial charge < -0.3 is 9.88 Å². The van der Waals surface area contributed by atoms with E-state index in [1.54, 1.807) is 5.56 Å². The second kappa shape index (κ2) is 6.45. The Balaban J connectivity index is 1.33. The Kier molecular flexibility index (Phi) is 4.20. The number of hydrogen-bond donors (Lipinski definition) is 1. The van der Waals surface area contributed by atoms with Crippen LogP contribution in [0.1, 0.15) is 56.4 Å². The third-order valence-electron chi connectivity index (χ3n) is 5.98. The Hall–Kier alpha value is -1.28. The van der Waals surface area contributed by atoms with Gasteiger partial charge >= 0.3 is 0 Å². The summed E-state index contributed by atoms with van der Waals surface area (Å²) in [4.78, 5) is 6.16. The van der Waals surface area contributed by atoms with Crippen molar-refractivity contribution < 1.29 is 0 Å². The molecule has 4 rings (SSSR count). The van der Waals surface area contributed by atoms with Gasteiger partial charge in [0.05, 0.1) is 0 Å². The quantitative estimate of drug-likeness (QED) is 0.847. The number of piperidine rings is 1. The van der Waals surface area contributed by atoms with Crippen LogP contribution in [0.4, 0.5) is 0 Å². The van der Waals surface area contributed by atoms with E-state index in [4.69, 9.17) is 0 Å². The number of likely N-dealkylation sites (tertiary alicyclic amines) is 1. The summed E-state index contributed by atoms with van der Waals surface area (Å²) in [5, 5.41) is 1.44. The molecule has 2 heteroatoms. The van der Waals surface area contributed by atoms with Crippen molar-refractivity contribution in [3.63, 3.8) is 0 Å². The molecule has 0 radical (unpaired) electrons. The fraction of sp³-hybridized carbons (Fsp3) is 0.600. The SMILES string of the molecule is c1ccc2c(C3CCN(CCC4CCCC4)CC3)c[nH]c2c1. The standard InChI is InChI=1S/C20H28N2/c1-2-6-16(5-1)9-12-22-13-10-17(11-14-22)19-15-21-20-8-4-3-7-18(19)20/h3-4,7-8,15-17,21H,1-2,5-6,9-14H2. The van der Waals surface area contributed by atoms with Crippen molar-refractivity contribution in [3.8, 4) is 0 Å². The average molecular weight is 296 g/mol. The summed E-state index contributed by atoms with van der Waals surface area (Å²) in [5.41, 5.74) is 2.84. The van der Waals surface area contributed by atoms with Crippen molar-refractivity contribution in [2.45, 2.75) is 50.9 Å². The Morgan fingerprint density at radius 3 is 2.59 bits per heavy atom. The van der Waals surface area contributed by atoms with Crippen molar-refractivity contribution in [3.05, 3.63) is 36.0 Å². The van der Waals surface area contributed by atoms with Gasteiger partial charge in [0.15, 0.2) is 0 Å². The van der Waals surface area contributed by atoms with Crippen molar-refractivity contribution in [2.24, 2.45) is 5.92 Å². The third kappa shape index (κ3) is 2.94. The summed E-state index contributed by atoms with van der Waals surface area (Å²) in [6.07, 6.45) is 12.3. The minimum absolute atomic E-state index is 0.749. The average Bonchev–Trinajstić information content (AvgIpc) is 3.23. The van der Waals surface area contributed by atoms with Crippen LogP contribution in [0, 0.1) is 5.92 Å².